The van der Waals surface area contributed by atoms with Crippen LogP contribution in [0.1, 0.15) is 37.1 Å². The number of nitrogens with one attached hydrogen (secondary N) is 1. The summed E-state index contributed by atoms with van der Waals surface area (Å²) in [6.07, 6.45) is 3.70. The number of aromatic nitrogens is 5. The Kier molecular flexibility index (Phi) is 10.0. The number of hydrogen-bond acceptors (Lipinski definition) is 10. The lowest BCUT2D eigenvalue weighted by molar-refractivity contribution is -0.144. The van der Waals surface area contributed by atoms with Gasteiger partial charge in [-0.15, -0.1) is 0 Å². The van der Waals surface area contributed by atoms with Gasteiger partial charge in [-0.2, -0.15) is 5.10 Å². The molecule has 0 aliphatic carbocycles. The molecule has 5 aromatic rings. The van der Waals surface area contributed by atoms with Crippen LogP contribution in [0.4, 0.5) is 20.3 Å². The quantitative estimate of drug-likeness (QED) is 0.124. The number of pyridine rings is 1. The normalized spacial score (nSPS) is 11.8. The SMILES string of the molecule is CCOc1cc(F)c(Cn2nc(-c3ncc(OCCCOC(=O)[C@H](C)N)c(Nc4cc(C)ncc4C)n3)c3ccccc32)c(F)c1. The van der Waals surface area contributed by atoms with Gasteiger partial charge in [0.25, 0.3) is 0 Å². The van der Waals surface area contributed by atoms with E-state index >= 15 is 0 Å². The number of para-hydroxylation sites is 1. The van der Waals surface area contributed by atoms with Crippen LogP contribution >= 0.6 is 0 Å². The van der Waals surface area contributed by atoms with Gasteiger partial charge in [0.2, 0.25) is 0 Å². The van der Waals surface area contributed by atoms with Gasteiger partial charge in [-0.1, -0.05) is 18.2 Å². The Balaban J connectivity index is 1.48. The third kappa shape index (κ3) is 7.37. The number of nitrogens with two attached hydrogens (primary N) is 1. The standard InChI is InChI=1S/C33H35F2N7O4/c1-5-44-22-14-25(34)24(26(35)15-22)18-42-28-10-7-6-9-23(28)30(41-42)32-38-17-29(45-11-8-12-46-33(43)21(4)36)31(40-32)39-27-13-20(3)37-16-19(27)2/h6-7,9-10,13-17,21H,5,8,11-12,18,36H2,1-4H3,(H,37,38,39,40)/t21-/m0/s1. The zero-order valence-corrected chi connectivity index (χ0v) is 26.0. The number of hydrogen-bond donors (Lipinski definition) is 2. The lowest BCUT2D eigenvalue weighted by Crippen LogP contribution is -2.29. The van der Waals surface area contributed by atoms with Gasteiger partial charge in [0, 0.05) is 47.1 Å². The van der Waals surface area contributed by atoms with E-state index in [4.69, 9.17) is 30.0 Å². The van der Waals surface area contributed by atoms with Gasteiger partial charge in [-0.3, -0.25) is 14.5 Å². The Hall–Kier alpha value is -5.17. The summed E-state index contributed by atoms with van der Waals surface area (Å²) in [6.45, 7) is 7.57. The molecule has 46 heavy (non-hydrogen) atoms. The van der Waals surface area contributed by atoms with E-state index < -0.39 is 23.6 Å². The average Bonchev–Trinajstić information content (AvgIpc) is 3.39. The molecule has 0 bridgehead atoms. The van der Waals surface area contributed by atoms with Crippen molar-refractivity contribution in [1.82, 2.24) is 24.7 Å². The number of halogens is 2. The molecule has 0 unspecified atom stereocenters. The van der Waals surface area contributed by atoms with Gasteiger partial charge in [0.05, 0.1) is 38.1 Å². The highest BCUT2D eigenvalue weighted by Crippen LogP contribution is 2.32. The molecule has 0 radical (unpaired) electrons. The van der Waals surface area contributed by atoms with Gasteiger partial charge in [-0.05, 0) is 45.4 Å². The van der Waals surface area contributed by atoms with Crippen molar-refractivity contribution in [2.75, 3.05) is 25.1 Å². The summed E-state index contributed by atoms with van der Waals surface area (Å²) in [5, 5.41) is 8.73. The molecule has 0 saturated carbocycles. The van der Waals surface area contributed by atoms with Crippen LogP contribution in [-0.4, -0.2) is 56.6 Å². The maximum Gasteiger partial charge on any atom is 0.322 e. The molecule has 240 valence electrons. The molecule has 0 aliphatic heterocycles. The molecule has 1 atom stereocenters. The first-order chi connectivity index (χ1) is 22.1. The van der Waals surface area contributed by atoms with Crippen LogP contribution in [0.5, 0.6) is 11.5 Å². The van der Waals surface area contributed by atoms with E-state index in [9.17, 15) is 13.6 Å². The summed E-state index contributed by atoms with van der Waals surface area (Å²) in [6, 6.07) is 10.8. The highest BCUT2D eigenvalue weighted by atomic mass is 19.1. The second-order valence-corrected chi connectivity index (χ2v) is 10.7. The number of benzene rings is 2. The molecule has 0 saturated heterocycles. The van der Waals surface area contributed by atoms with E-state index in [2.05, 4.69) is 15.3 Å². The zero-order valence-electron chi connectivity index (χ0n) is 26.0. The summed E-state index contributed by atoms with van der Waals surface area (Å²) in [5.41, 5.74) is 8.91. The van der Waals surface area contributed by atoms with E-state index in [0.717, 1.165) is 16.9 Å². The van der Waals surface area contributed by atoms with Gasteiger partial charge in [0.1, 0.15) is 29.1 Å². The number of anilines is 2. The number of fused-ring (bicyclic) bond motifs is 1. The molecule has 0 spiro atoms. The van der Waals surface area contributed by atoms with E-state index in [1.807, 2.05) is 44.2 Å². The van der Waals surface area contributed by atoms with Crippen LogP contribution in [0.25, 0.3) is 22.4 Å². The summed E-state index contributed by atoms with van der Waals surface area (Å²) >= 11 is 0. The van der Waals surface area contributed by atoms with Crippen LogP contribution < -0.4 is 20.5 Å². The Labute approximate surface area is 264 Å². The van der Waals surface area contributed by atoms with Crippen molar-refractivity contribution in [1.29, 1.82) is 0 Å². The van der Waals surface area contributed by atoms with Crippen molar-refractivity contribution in [3.05, 3.63) is 83.3 Å². The lowest BCUT2D eigenvalue weighted by atomic mass is 10.1. The molecule has 0 amide bonds. The van der Waals surface area contributed by atoms with Crippen molar-refractivity contribution >= 4 is 28.4 Å². The van der Waals surface area contributed by atoms with Gasteiger partial charge in [0.15, 0.2) is 17.4 Å². The van der Waals surface area contributed by atoms with Crippen LogP contribution in [-0.2, 0) is 16.1 Å². The molecule has 2 aromatic carbocycles. The van der Waals surface area contributed by atoms with Crippen molar-refractivity contribution in [3.63, 3.8) is 0 Å². The van der Waals surface area contributed by atoms with Gasteiger partial charge < -0.3 is 25.3 Å². The Morgan fingerprint density at radius 2 is 1.80 bits per heavy atom. The molecule has 3 heterocycles. The maximum absolute atomic E-state index is 15.0. The number of esters is 1. The molecular weight excluding hydrogens is 596 g/mol. The Morgan fingerprint density at radius 3 is 2.54 bits per heavy atom. The average molecular weight is 632 g/mol. The van der Waals surface area contributed by atoms with Crippen molar-refractivity contribution < 1.29 is 27.8 Å². The largest absolute Gasteiger partial charge is 0.494 e. The number of carbonyl (C=O) groups is 1. The molecule has 13 heteroatoms. The summed E-state index contributed by atoms with van der Waals surface area (Å²) in [4.78, 5) is 25.3. The smallest absolute Gasteiger partial charge is 0.322 e. The first-order valence-corrected chi connectivity index (χ1v) is 14.8. The monoisotopic (exact) mass is 631 g/mol. The first kappa shape index (κ1) is 32.2. The van der Waals surface area contributed by atoms with E-state index in [-0.39, 0.29) is 43.5 Å². The predicted octanol–water partition coefficient (Wildman–Crippen LogP) is 5.63. The fraction of sp³-hybridized carbons (Fsp3) is 0.303. The third-order valence-corrected chi connectivity index (χ3v) is 7.01. The zero-order chi connectivity index (χ0) is 32.8. The third-order valence-electron chi connectivity index (χ3n) is 7.01. The van der Waals surface area contributed by atoms with Crippen molar-refractivity contribution in [3.8, 4) is 23.0 Å². The molecule has 3 N–H and O–H groups in total. The number of rotatable bonds is 13. The summed E-state index contributed by atoms with van der Waals surface area (Å²) < 4.78 is 47.9. The number of aryl methyl sites for hydroxylation is 2. The number of nitrogens with zero attached hydrogens (tertiary/aromatic N) is 5. The Bertz CT molecular complexity index is 1840. The Morgan fingerprint density at radius 1 is 1.04 bits per heavy atom. The topological polar surface area (TPSA) is 139 Å². The summed E-state index contributed by atoms with van der Waals surface area (Å²) in [7, 11) is 0. The van der Waals surface area contributed by atoms with E-state index in [1.54, 1.807) is 20.0 Å². The van der Waals surface area contributed by atoms with Gasteiger partial charge in [-0.25, -0.2) is 18.7 Å². The maximum atomic E-state index is 15.0. The minimum Gasteiger partial charge on any atom is -0.494 e. The molecule has 0 fully saturated rings. The predicted molar refractivity (Wildman–Crippen MR) is 169 cm³/mol. The minimum absolute atomic E-state index is 0.119. The van der Waals surface area contributed by atoms with Crippen LogP contribution in [0.15, 0.2) is 54.9 Å². The van der Waals surface area contributed by atoms with Crippen LogP contribution in [0, 0.1) is 25.5 Å². The number of ether oxygens (including phenoxy) is 3. The molecule has 11 nitrogen and oxygen atoms in total. The summed E-state index contributed by atoms with van der Waals surface area (Å²) in [5.74, 6) is -0.834. The molecule has 0 aliphatic rings. The highest BCUT2D eigenvalue weighted by molar-refractivity contribution is 5.92. The second-order valence-electron chi connectivity index (χ2n) is 10.7. The van der Waals surface area contributed by atoms with Crippen molar-refractivity contribution in [2.45, 2.75) is 46.7 Å². The lowest BCUT2D eigenvalue weighted by Gasteiger charge is -2.15. The minimum atomic E-state index is -0.732. The molecule has 3 aromatic heterocycles. The molecule has 5 rings (SSSR count). The van der Waals surface area contributed by atoms with Crippen LogP contribution in [0.3, 0.4) is 0 Å². The fourth-order valence-electron chi connectivity index (χ4n) is 4.66. The fourth-order valence-corrected chi connectivity index (χ4v) is 4.66. The van der Waals surface area contributed by atoms with Gasteiger partial charge >= 0.3 is 5.97 Å². The van der Waals surface area contributed by atoms with E-state index in [0.29, 0.717) is 34.6 Å². The first-order valence-electron chi connectivity index (χ1n) is 14.8. The van der Waals surface area contributed by atoms with E-state index in [1.165, 1.54) is 23.0 Å². The van der Waals surface area contributed by atoms with Crippen LogP contribution in [0.2, 0.25) is 0 Å². The number of carbonyl (C=O) groups excluding carboxylic acids is 1. The second kappa shape index (κ2) is 14.3. The van der Waals surface area contributed by atoms with Crippen molar-refractivity contribution in [2.24, 2.45) is 5.73 Å². The molecular formula is C33H35F2N7O4. The highest BCUT2D eigenvalue weighted by Gasteiger charge is 2.20.